The van der Waals surface area contributed by atoms with Crippen LogP contribution in [0.1, 0.15) is 43.2 Å². The minimum atomic E-state index is 0.328. The fraction of sp³-hybridized carbons (Fsp3) is 0.474. The molecular weight excluding hydrogens is 348 g/mol. The highest BCUT2D eigenvalue weighted by Crippen LogP contribution is 2.39. The van der Waals surface area contributed by atoms with E-state index >= 15 is 0 Å². The third kappa shape index (κ3) is 3.23. The van der Waals surface area contributed by atoms with E-state index in [1.807, 2.05) is 6.92 Å². The largest absolute Gasteiger partial charge is 0.291 e. The maximum absolute atomic E-state index is 4.38. The first-order chi connectivity index (χ1) is 12.1. The Morgan fingerprint density at radius 1 is 1.32 bits per heavy atom. The molecule has 130 valence electrons. The van der Waals surface area contributed by atoms with Gasteiger partial charge in [-0.05, 0) is 81.5 Å². The van der Waals surface area contributed by atoms with Crippen LogP contribution in [0, 0.1) is 12.8 Å². The number of aryl methyl sites for hydroxylation is 1. The van der Waals surface area contributed by atoms with Gasteiger partial charge in [0, 0.05) is 22.0 Å². The first-order valence-electron chi connectivity index (χ1n) is 8.98. The molecular formula is C19H22N4S2. The number of benzene rings is 1. The highest BCUT2D eigenvalue weighted by atomic mass is 32.2. The van der Waals surface area contributed by atoms with Gasteiger partial charge >= 0.3 is 0 Å². The lowest BCUT2D eigenvalue weighted by Crippen LogP contribution is -2.19. The van der Waals surface area contributed by atoms with Crippen LogP contribution in [0.5, 0.6) is 0 Å². The highest BCUT2D eigenvalue weighted by Gasteiger charge is 2.37. The molecule has 6 heteroatoms. The fourth-order valence-corrected chi connectivity index (χ4v) is 4.70. The number of hydrogen-bond acceptors (Lipinski definition) is 5. The van der Waals surface area contributed by atoms with Crippen LogP contribution < -0.4 is 4.72 Å². The minimum Gasteiger partial charge on any atom is -0.291 e. The van der Waals surface area contributed by atoms with E-state index in [0.29, 0.717) is 5.54 Å². The van der Waals surface area contributed by atoms with Crippen molar-refractivity contribution in [1.29, 1.82) is 0 Å². The van der Waals surface area contributed by atoms with Crippen molar-refractivity contribution >= 4 is 34.2 Å². The minimum absolute atomic E-state index is 0.328. The van der Waals surface area contributed by atoms with E-state index in [1.165, 1.54) is 53.5 Å². The summed E-state index contributed by atoms with van der Waals surface area (Å²) in [5.74, 6) is 0.876. The number of nitrogens with zero attached hydrogens (tertiary/aromatic N) is 3. The van der Waals surface area contributed by atoms with Gasteiger partial charge in [0.2, 0.25) is 5.13 Å². The van der Waals surface area contributed by atoms with Crippen LogP contribution in [0.25, 0.3) is 16.0 Å². The lowest BCUT2D eigenvalue weighted by Gasteiger charge is -2.10. The molecule has 0 unspecified atom stereocenters. The average Bonchev–Trinajstić information content (AvgIpc) is 3.48. The summed E-state index contributed by atoms with van der Waals surface area (Å²) in [6, 6.07) is 6.83. The van der Waals surface area contributed by atoms with Crippen molar-refractivity contribution in [3.8, 4) is 5.13 Å². The van der Waals surface area contributed by atoms with E-state index in [-0.39, 0.29) is 0 Å². The highest BCUT2D eigenvalue weighted by molar-refractivity contribution is 7.97. The normalized spacial score (nSPS) is 18.8. The summed E-state index contributed by atoms with van der Waals surface area (Å²) in [6.07, 6.45) is 8.77. The number of aromatic nitrogens is 3. The van der Waals surface area contributed by atoms with Crippen LogP contribution in [-0.2, 0) is 6.42 Å². The molecule has 0 atom stereocenters. The van der Waals surface area contributed by atoms with Gasteiger partial charge < -0.3 is 0 Å². The molecule has 2 saturated carbocycles. The molecule has 5 rings (SSSR count). The summed E-state index contributed by atoms with van der Waals surface area (Å²) >= 11 is 3.41. The quantitative estimate of drug-likeness (QED) is 0.627. The lowest BCUT2D eigenvalue weighted by molar-refractivity contribution is 0.701. The Hall–Kier alpha value is -1.37. The van der Waals surface area contributed by atoms with E-state index in [9.17, 15) is 0 Å². The Morgan fingerprint density at radius 2 is 2.16 bits per heavy atom. The summed E-state index contributed by atoms with van der Waals surface area (Å²) in [5.41, 5.74) is 3.03. The van der Waals surface area contributed by atoms with Gasteiger partial charge in [0.25, 0.3) is 0 Å². The second-order valence-corrected chi connectivity index (χ2v) is 9.76. The molecule has 2 aliphatic rings. The molecule has 2 aromatic heterocycles. The van der Waals surface area contributed by atoms with Crippen molar-refractivity contribution in [3.63, 3.8) is 0 Å². The standard InChI is InChI=1S/C19H22N4S2/c1-12-20-21-18(24-12)23-11-14(9-13-3-4-13)16-6-5-15(10-17(16)23)25-22-19(2)7-8-19/h5-6,10-11,13,22H,3-4,7-9H2,1-2H3. The Balaban J connectivity index is 1.54. The second-order valence-electron chi connectivity index (χ2n) is 7.72. The smallest absolute Gasteiger partial charge is 0.216 e. The van der Waals surface area contributed by atoms with E-state index in [4.69, 9.17) is 0 Å². The monoisotopic (exact) mass is 370 g/mol. The zero-order chi connectivity index (χ0) is 17.0. The Labute approximate surface area is 156 Å². The molecule has 4 nitrogen and oxygen atoms in total. The fourth-order valence-electron chi connectivity index (χ4n) is 3.15. The van der Waals surface area contributed by atoms with Gasteiger partial charge in [-0.2, -0.15) is 0 Å². The van der Waals surface area contributed by atoms with Crippen molar-refractivity contribution in [2.24, 2.45) is 5.92 Å². The van der Waals surface area contributed by atoms with Crippen LogP contribution in [0.3, 0.4) is 0 Å². The predicted octanol–water partition coefficient (Wildman–Crippen LogP) is 4.89. The molecule has 0 spiro atoms. The van der Waals surface area contributed by atoms with Crippen molar-refractivity contribution in [1.82, 2.24) is 19.5 Å². The number of fused-ring (bicyclic) bond motifs is 1. The molecule has 1 N–H and O–H groups in total. The molecule has 0 radical (unpaired) electrons. The summed E-state index contributed by atoms with van der Waals surface area (Å²) in [6.45, 7) is 4.30. The maximum Gasteiger partial charge on any atom is 0.216 e. The Bertz CT molecular complexity index is 934. The van der Waals surface area contributed by atoms with Crippen molar-refractivity contribution < 1.29 is 0 Å². The molecule has 0 aliphatic heterocycles. The van der Waals surface area contributed by atoms with Gasteiger partial charge in [-0.1, -0.05) is 17.4 Å². The van der Waals surface area contributed by atoms with Crippen molar-refractivity contribution in [2.45, 2.75) is 56.4 Å². The summed E-state index contributed by atoms with van der Waals surface area (Å²) in [7, 11) is 0. The van der Waals surface area contributed by atoms with Crippen LogP contribution in [0.4, 0.5) is 0 Å². The van der Waals surface area contributed by atoms with E-state index in [1.54, 1.807) is 23.3 Å². The third-order valence-electron chi connectivity index (χ3n) is 5.20. The van der Waals surface area contributed by atoms with Crippen LogP contribution in [0.15, 0.2) is 29.3 Å². The number of nitrogens with one attached hydrogen (secondary N) is 1. The number of hydrogen-bond donors (Lipinski definition) is 1. The first-order valence-corrected chi connectivity index (χ1v) is 10.6. The van der Waals surface area contributed by atoms with Crippen molar-refractivity contribution in [3.05, 3.63) is 35.0 Å². The molecule has 3 aromatic rings. The Kier molecular flexibility index (Phi) is 3.69. The van der Waals surface area contributed by atoms with Gasteiger partial charge in [0.15, 0.2) is 0 Å². The van der Waals surface area contributed by atoms with Crippen LogP contribution in [-0.4, -0.2) is 20.3 Å². The molecule has 0 saturated heterocycles. The Morgan fingerprint density at radius 3 is 2.84 bits per heavy atom. The zero-order valence-corrected chi connectivity index (χ0v) is 16.2. The van der Waals surface area contributed by atoms with Gasteiger partial charge in [-0.15, -0.1) is 10.2 Å². The van der Waals surface area contributed by atoms with Gasteiger partial charge in [-0.3, -0.25) is 9.29 Å². The first kappa shape index (κ1) is 15.9. The summed E-state index contributed by atoms with van der Waals surface area (Å²) in [5, 5.41) is 11.9. The zero-order valence-electron chi connectivity index (χ0n) is 14.6. The van der Waals surface area contributed by atoms with Gasteiger partial charge in [-0.25, -0.2) is 0 Å². The second kappa shape index (κ2) is 5.83. The molecule has 1 aromatic carbocycles. The van der Waals surface area contributed by atoms with E-state index in [2.05, 4.69) is 50.8 Å². The SMILES string of the molecule is Cc1nnc(-n2cc(CC3CC3)c3ccc(SNC4(C)CC4)cc32)s1. The topological polar surface area (TPSA) is 42.7 Å². The van der Waals surface area contributed by atoms with Crippen LogP contribution >= 0.6 is 23.3 Å². The predicted molar refractivity (Wildman–Crippen MR) is 105 cm³/mol. The molecule has 2 fully saturated rings. The molecule has 2 heterocycles. The van der Waals surface area contributed by atoms with E-state index < -0.39 is 0 Å². The summed E-state index contributed by atoms with van der Waals surface area (Å²) < 4.78 is 5.85. The van der Waals surface area contributed by atoms with Crippen molar-refractivity contribution in [2.75, 3.05) is 0 Å². The number of rotatable bonds is 6. The molecule has 25 heavy (non-hydrogen) atoms. The van der Waals surface area contributed by atoms with E-state index in [0.717, 1.165) is 16.1 Å². The average molecular weight is 371 g/mol. The molecule has 0 bridgehead atoms. The third-order valence-corrected chi connectivity index (χ3v) is 7.12. The molecule has 2 aliphatic carbocycles. The van der Waals surface area contributed by atoms with Gasteiger partial charge in [0.05, 0.1) is 5.52 Å². The molecule has 0 amide bonds. The summed E-state index contributed by atoms with van der Waals surface area (Å²) in [4.78, 5) is 1.26. The van der Waals surface area contributed by atoms with Crippen LogP contribution in [0.2, 0.25) is 0 Å². The maximum atomic E-state index is 4.38. The van der Waals surface area contributed by atoms with Gasteiger partial charge in [0.1, 0.15) is 5.01 Å². The lowest BCUT2D eigenvalue weighted by atomic mass is 10.1.